The van der Waals surface area contributed by atoms with Crippen LogP contribution >= 0.6 is 27.5 Å². The number of rotatable bonds is 6. The lowest BCUT2D eigenvalue weighted by molar-refractivity contribution is -0.139. The normalized spacial score (nSPS) is 11.9. The summed E-state index contributed by atoms with van der Waals surface area (Å²) in [4.78, 5) is 23.1. The highest BCUT2D eigenvalue weighted by Crippen LogP contribution is 2.21. The van der Waals surface area contributed by atoms with Crippen LogP contribution in [0.2, 0.25) is 5.02 Å². The fraction of sp³-hybridized carbons (Fsp3) is 0.385. The topological polar surface area (TPSA) is 66.4 Å². The molecular weight excluding hydrogens is 334 g/mol. The lowest BCUT2D eigenvalue weighted by atomic mass is 10.1. The van der Waals surface area contributed by atoms with Crippen LogP contribution in [-0.2, 0) is 4.79 Å². The lowest BCUT2D eigenvalue weighted by Crippen LogP contribution is -2.40. The number of amides is 1. The predicted molar refractivity (Wildman–Crippen MR) is 77.6 cm³/mol. The maximum Gasteiger partial charge on any atom is 0.326 e. The largest absolute Gasteiger partial charge is 0.480 e. The number of carbonyl (C=O) groups excluding carboxylic acids is 1. The number of nitrogens with one attached hydrogen (secondary N) is 1. The summed E-state index contributed by atoms with van der Waals surface area (Å²) in [6.07, 6.45) is 2.05. The highest BCUT2D eigenvalue weighted by Gasteiger charge is 2.21. The summed E-state index contributed by atoms with van der Waals surface area (Å²) in [5, 5.41) is 12.1. The summed E-state index contributed by atoms with van der Waals surface area (Å²) in [6.45, 7) is 1.97. The molecule has 0 aliphatic carbocycles. The van der Waals surface area contributed by atoms with Crippen molar-refractivity contribution in [1.82, 2.24) is 5.32 Å². The zero-order valence-electron chi connectivity index (χ0n) is 10.5. The van der Waals surface area contributed by atoms with Crippen molar-refractivity contribution in [3.05, 3.63) is 33.3 Å². The minimum Gasteiger partial charge on any atom is -0.480 e. The minimum atomic E-state index is -1.02. The molecule has 4 nitrogen and oxygen atoms in total. The van der Waals surface area contributed by atoms with Crippen LogP contribution in [0.1, 0.15) is 36.5 Å². The van der Waals surface area contributed by atoms with Crippen LogP contribution in [0.5, 0.6) is 0 Å². The molecule has 0 fully saturated rings. The van der Waals surface area contributed by atoms with Crippen LogP contribution in [-0.4, -0.2) is 23.0 Å². The van der Waals surface area contributed by atoms with Crippen molar-refractivity contribution >= 4 is 39.4 Å². The van der Waals surface area contributed by atoms with Crippen molar-refractivity contribution in [2.45, 2.75) is 32.2 Å². The number of benzene rings is 1. The Morgan fingerprint density at radius 1 is 1.47 bits per heavy atom. The SMILES string of the molecule is CCCC[C@H](NC(=O)c1ccc(Cl)cc1Br)C(=O)O. The first-order valence-corrected chi connectivity index (χ1v) is 7.11. The van der Waals surface area contributed by atoms with Gasteiger partial charge in [-0.25, -0.2) is 4.79 Å². The molecule has 0 saturated heterocycles. The van der Waals surface area contributed by atoms with Crippen LogP contribution in [0.15, 0.2) is 22.7 Å². The minimum absolute atomic E-state index is 0.368. The molecule has 0 saturated carbocycles. The first kappa shape index (κ1) is 16.0. The lowest BCUT2D eigenvalue weighted by Gasteiger charge is -2.14. The van der Waals surface area contributed by atoms with E-state index < -0.39 is 17.9 Å². The molecule has 19 heavy (non-hydrogen) atoms. The van der Waals surface area contributed by atoms with E-state index in [-0.39, 0.29) is 0 Å². The predicted octanol–water partition coefficient (Wildman–Crippen LogP) is 3.48. The number of aliphatic carboxylic acids is 1. The van der Waals surface area contributed by atoms with Gasteiger partial charge in [-0.05, 0) is 40.5 Å². The summed E-state index contributed by atoms with van der Waals surface area (Å²) >= 11 is 9.03. The smallest absolute Gasteiger partial charge is 0.326 e. The molecule has 1 rings (SSSR count). The second-order valence-electron chi connectivity index (χ2n) is 4.13. The molecule has 0 aliphatic rings. The average Bonchev–Trinajstić information content (AvgIpc) is 2.33. The Hall–Kier alpha value is -1.07. The summed E-state index contributed by atoms with van der Waals surface area (Å²) in [6, 6.07) is 3.87. The van der Waals surface area contributed by atoms with E-state index in [9.17, 15) is 9.59 Å². The van der Waals surface area contributed by atoms with Crippen molar-refractivity contribution in [1.29, 1.82) is 0 Å². The third kappa shape index (κ3) is 4.84. The third-order valence-electron chi connectivity index (χ3n) is 2.63. The van der Waals surface area contributed by atoms with Crippen LogP contribution in [0.25, 0.3) is 0 Å². The van der Waals surface area contributed by atoms with E-state index in [1.165, 1.54) is 0 Å². The Morgan fingerprint density at radius 2 is 2.16 bits per heavy atom. The van der Waals surface area contributed by atoms with Crippen LogP contribution in [0, 0.1) is 0 Å². The molecule has 6 heteroatoms. The van der Waals surface area contributed by atoms with E-state index in [0.717, 1.165) is 12.8 Å². The van der Waals surface area contributed by atoms with E-state index in [2.05, 4.69) is 21.2 Å². The second-order valence-corrected chi connectivity index (χ2v) is 5.42. The van der Waals surface area contributed by atoms with Gasteiger partial charge in [0, 0.05) is 9.50 Å². The van der Waals surface area contributed by atoms with Gasteiger partial charge in [-0.15, -0.1) is 0 Å². The maximum atomic E-state index is 12.0. The molecule has 0 radical (unpaired) electrons. The Bertz CT molecular complexity index is 479. The average molecular weight is 349 g/mol. The van der Waals surface area contributed by atoms with Gasteiger partial charge in [0.1, 0.15) is 6.04 Å². The number of unbranched alkanes of at least 4 members (excludes halogenated alkanes) is 1. The number of halogens is 2. The van der Waals surface area contributed by atoms with Crippen molar-refractivity contribution in [2.24, 2.45) is 0 Å². The van der Waals surface area contributed by atoms with E-state index in [1.54, 1.807) is 18.2 Å². The maximum absolute atomic E-state index is 12.0. The van der Waals surface area contributed by atoms with Gasteiger partial charge in [0.25, 0.3) is 5.91 Å². The van der Waals surface area contributed by atoms with Crippen LogP contribution in [0.3, 0.4) is 0 Å². The molecule has 1 atom stereocenters. The first-order chi connectivity index (χ1) is 8.95. The van der Waals surface area contributed by atoms with Gasteiger partial charge in [0.2, 0.25) is 0 Å². The fourth-order valence-corrected chi connectivity index (χ4v) is 2.44. The van der Waals surface area contributed by atoms with Crippen molar-refractivity contribution < 1.29 is 14.7 Å². The fourth-order valence-electron chi connectivity index (χ4n) is 1.58. The van der Waals surface area contributed by atoms with Gasteiger partial charge in [0.05, 0.1) is 5.56 Å². The standard InChI is InChI=1S/C13H15BrClNO3/c1-2-3-4-11(13(18)19)16-12(17)9-6-5-8(15)7-10(9)14/h5-7,11H,2-4H2,1H3,(H,16,17)(H,18,19)/t11-/m0/s1. The van der Waals surface area contributed by atoms with Gasteiger partial charge in [0.15, 0.2) is 0 Å². The Balaban J connectivity index is 2.78. The zero-order chi connectivity index (χ0) is 14.4. The van der Waals surface area contributed by atoms with Gasteiger partial charge in [-0.2, -0.15) is 0 Å². The van der Waals surface area contributed by atoms with Crippen LogP contribution in [0.4, 0.5) is 0 Å². The number of carbonyl (C=O) groups is 2. The molecule has 1 aromatic rings. The van der Waals surface area contributed by atoms with E-state index in [1.807, 2.05) is 6.92 Å². The molecule has 0 heterocycles. The van der Waals surface area contributed by atoms with Gasteiger partial charge in [-0.1, -0.05) is 31.4 Å². The van der Waals surface area contributed by atoms with Crippen molar-refractivity contribution in [3.63, 3.8) is 0 Å². The first-order valence-electron chi connectivity index (χ1n) is 5.94. The van der Waals surface area contributed by atoms with Gasteiger partial charge < -0.3 is 10.4 Å². The number of hydrogen-bond donors (Lipinski definition) is 2. The highest BCUT2D eigenvalue weighted by atomic mass is 79.9. The molecule has 1 aromatic carbocycles. The van der Waals surface area contributed by atoms with E-state index in [4.69, 9.17) is 16.7 Å². The quantitative estimate of drug-likeness (QED) is 0.827. The van der Waals surface area contributed by atoms with E-state index in [0.29, 0.717) is 21.5 Å². The summed E-state index contributed by atoms with van der Waals surface area (Å²) in [7, 11) is 0. The van der Waals surface area contributed by atoms with E-state index >= 15 is 0 Å². The summed E-state index contributed by atoms with van der Waals surface area (Å²) in [5.41, 5.74) is 0.368. The summed E-state index contributed by atoms with van der Waals surface area (Å²) < 4.78 is 0.539. The molecular formula is C13H15BrClNO3. The highest BCUT2D eigenvalue weighted by molar-refractivity contribution is 9.10. The van der Waals surface area contributed by atoms with Crippen molar-refractivity contribution in [2.75, 3.05) is 0 Å². The Labute approximate surface area is 125 Å². The number of carboxylic acid groups (broad SMARTS) is 1. The van der Waals surface area contributed by atoms with Crippen molar-refractivity contribution in [3.8, 4) is 0 Å². The molecule has 1 amide bonds. The van der Waals surface area contributed by atoms with Gasteiger partial charge in [-0.3, -0.25) is 4.79 Å². The van der Waals surface area contributed by atoms with Gasteiger partial charge >= 0.3 is 5.97 Å². The monoisotopic (exact) mass is 347 g/mol. The molecule has 0 spiro atoms. The molecule has 104 valence electrons. The zero-order valence-corrected chi connectivity index (χ0v) is 12.8. The summed E-state index contributed by atoms with van der Waals surface area (Å²) in [5.74, 6) is -1.45. The molecule has 2 N–H and O–H groups in total. The number of hydrogen-bond acceptors (Lipinski definition) is 2. The Morgan fingerprint density at radius 3 is 2.68 bits per heavy atom. The second kappa shape index (κ2) is 7.50. The molecule has 0 bridgehead atoms. The third-order valence-corrected chi connectivity index (χ3v) is 3.52. The molecule has 0 aliphatic heterocycles. The Kier molecular flexibility index (Phi) is 6.31. The van der Waals surface area contributed by atoms with Crippen LogP contribution < -0.4 is 5.32 Å². The molecule has 0 aromatic heterocycles. The number of carboxylic acids is 1. The molecule has 0 unspecified atom stereocenters.